The lowest BCUT2D eigenvalue weighted by molar-refractivity contribution is 0.103. The minimum absolute atomic E-state index is 0.0000704. The maximum absolute atomic E-state index is 14.4. The number of rotatable bonds is 24. The van der Waals surface area contributed by atoms with Gasteiger partial charge in [-0.25, -0.2) is 0 Å². The highest BCUT2D eigenvalue weighted by atomic mass is 16.5. The number of benzene rings is 12. The molecular weight excluding hydrogens is 1150 g/mol. The Bertz CT molecular complexity index is 4070. The zero-order valence-electron chi connectivity index (χ0n) is 51.1. The fraction of sp³-hybridized carbons (Fsp3) is 0.0854. The second-order valence-electron chi connectivity index (χ2n) is 22.7. The van der Waals surface area contributed by atoms with Crippen LogP contribution in [-0.2, 0) is 5.41 Å². The lowest BCUT2D eigenvalue weighted by atomic mass is 9.59. The van der Waals surface area contributed by atoms with Crippen LogP contribution in [0.25, 0.3) is 0 Å². The summed E-state index contributed by atoms with van der Waals surface area (Å²) in [4.78, 5) is 18.8. The number of aliphatic hydroxyl groups excluding tert-OH is 2. The predicted molar refractivity (Wildman–Crippen MR) is 376 cm³/mol. The van der Waals surface area contributed by atoms with Crippen LogP contribution in [0.2, 0.25) is 0 Å². The molecule has 0 aromatic heterocycles. The Labute approximate surface area is 542 Å². The van der Waals surface area contributed by atoms with Gasteiger partial charge in [-0.2, -0.15) is 10.2 Å². The lowest BCUT2D eigenvalue weighted by Crippen LogP contribution is -2.38. The van der Waals surface area contributed by atoms with Crippen molar-refractivity contribution >= 4 is 63.7 Å². The molecule has 0 radical (unpaired) electrons. The number of nitrogens with zero attached hydrogens (tertiary/aromatic N) is 6. The Morgan fingerprint density at radius 3 is 0.935 bits per heavy atom. The molecule has 0 heterocycles. The molecule has 1 aliphatic rings. The standard InChI is InChI=1S/C82H68N6O5/c89-73(57-85(65-23-7-1-8-24-65)83-55-61-39-47-71(48-40-61)87(67-27-11-3-12-28-67)68-29-13-4-14-30-68)59-92-75-51-43-63(44-52-75)82(79-37-21-19-35-77(79)81(91)78-36-20-22-38-80(78)82)64-45-53-76(54-46-64)93-60-74(90)58-86(66-25-9-2-10-26-66)84-56-62-41-49-72(50-42-62)88(69-31-15-5-16-32-69)70-33-17-6-18-34-70/h1-56,73-74,89-90H,57-60H2/b83-55+,84-56+. The van der Waals surface area contributed by atoms with Gasteiger partial charge in [0.2, 0.25) is 0 Å². The van der Waals surface area contributed by atoms with Gasteiger partial charge in [0.15, 0.2) is 5.78 Å². The summed E-state index contributed by atoms with van der Waals surface area (Å²) in [6.07, 6.45) is 1.77. The summed E-state index contributed by atoms with van der Waals surface area (Å²) in [7, 11) is 0. The van der Waals surface area contributed by atoms with E-state index in [9.17, 15) is 15.0 Å². The molecule has 0 bridgehead atoms. The van der Waals surface area contributed by atoms with Gasteiger partial charge >= 0.3 is 0 Å². The number of carbonyl (C=O) groups is 1. The van der Waals surface area contributed by atoms with Crippen molar-refractivity contribution in [2.75, 3.05) is 46.1 Å². The first kappa shape index (κ1) is 60.3. The Balaban J connectivity index is 0.702. The molecule has 1 aliphatic carbocycles. The van der Waals surface area contributed by atoms with E-state index in [2.05, 4.69) is 82.6 Å². The van der Waals surface area contributed by atoms with Crippen molar-refractivity contribution in [2.45, 2.75) is 17.6 Å². The first-order valence-electron chi connectivity index (χ1n) is 31.2. The Morgan fingerprint density at radius 1 is 0.333 bits per heavy atom. The predicted octanol–water partition coefficient (Wildman–Crippen LogP) is 17.1. The fourth-order valence-corrected chi connectivity index (χ4v) is 12.1. The Hall–Kier alpha value is -11.6. The number of carbonyl (C=O) groups excluding carboxylic acids is 1. The molecule has 0 fully saturated rings. The summed E-state index contributed by atoms with van der Waals surface area (Å²) < 4.78 is 12.7. The molecule has 11 heteroatoms. The van der Waals surface area contributed by atoms with Crippen LogP contribution in [0.3, 0.4) is 0 Å². The molecule has 13 rings (SSSR count). The van der Waals surface area contributed by atoms with Crippen LogP contribution < -0.4 is 29.3 Å². The highest BCUT2D eigenvalue weighted by Gasteiger charge is 2.46. The highest BCUT2D eigenvalue weighted by Crippen LogP contribution is 2.51. The molecule has 2 unspecified atom stereocenters. The number of ketones is 1. The molecule has 456 valence electrons. The van der Waals surface area contributed by atoms with Crippen molar-refractivity contribution in [1.82, 2.24) is 0 Å². The molecule has 93 heavy (non-hydrogen) atoms. The second kappa shape index (κ2) is 28.5. The van der Waals surface area contributed by atoms with Gasteiger partial charge < -0.3 is 29.5 Å². The van der Waals surface area contributed by atoms with Gasteiger partial charge in [0, 0.05) is 45.3 Å². The van der Waals surface area contributed by atoms with Crippen LogP contribution in [0.1, 0.15) is 49.3 Å². The average molecular weight is 1220 g/mol. The van der Waals surface area contributed by atoms with Crippen molar-refractivity contribution in [1.29, 1.82) is 0 Å². The van der Waals surface area contributed by atoms with Crippen LogP contribution >= 0.6 is 0 Å². The molecule has 0 spiro atoms. The maximum Gasteiger partial charge on any atom is 0.193 e. The van der Waals surface area contributed by atoms with Gasteiger partial charge in [-0.3, -0.25) is 14.8 Å². The van der Waals surface area contributed by atoms with Gasteiger partial charge in [-0.1, -0.05) is 206 Å². The van der Waals surface area contributed by atoms with E-state index in [1.54, 1.807) is 22.4 Å². The summed E-state index contributed by atoms with van der Waals surface area (Å²) in [5, 5.41) is 36.7. The monoisotopic (exact) mass is 1220 g/mol. The number of anilines is 8. The molecule has 11 nitrogen and oxygen atoms in total. The van der Waals surface area contributed by atoms with E-state index in [0.717, 1.165) is 78.9 Å². The van der Waals surface area contributed by atoms with Crippen LogP contribution in [0, 0.1) is 0 Å². The highest BCUT2D eigenvalue weighted by molar-refractivity contribution is 6.14. The van der Waals surface area contributed by atoms with E-state index in [1.807, 2.05) is 255 Å². The van der Waals surface area contributed by atoms with Gasteiger partial charge in [0.25, 0.3) is 0 Å². The molecule has 0 saturated carbocycles. The Morgan fingerprint density at radius 2 is 0.613 bits per heavy atom. The van der Waals surface area contributed by atoms with Crippen molar-refractivity contribution in [3.63, 3.8) is 0 Å². The average Bonchev–Trinajstić information content (AvgIpc) is 0.705. The number of hydrogen-bond acceptors (Lipinski definition) is 11. The minimum Gasteiger partial charge on any atom is -0.491 e. The third-order valence-corrected chi connectivity index (χ3v) is 16.5. The second-order valence-corrected chi connectivity index (χ2v) is 22.7. The minimum atomic E-state index is -0.938. The molecule has 12 aromatic rings. The summed E-state index contributed by atoms with van der Waals surface area (Å²) in [5.41, 5.74) is 13.5. The third-order valence-electron chi connectivity index (χ3n) is 16.5. The van der Waals surface area contributed by atoms with E-state index in [-0.39, 0.29) is 32.1 Å². The number of hydrogen-bond donors (Lipinski definition) is 2. The van der Waals surface area contributed by atoms with E-state index in [0.29, 0.717) is 22.6 Å². The van der Waals surface area contributed by atoms with Crippen molar-refractivity contribution < 1.29 is 24.5 Å². The van der Waals surface area contributed by atoms with E-state index in [1.165, 1.54) is 0 Å². The maximum atomic E-state index is 14.4. The van der Waals surface area contributed by atoms with Gasteiger partial charge in [0.05, 0.1) is 42.3 Å². The van der Waals surface area contributed by atoms with E-state index >= 15 is 0 Å². The van der Waals surface area contributed by atoms with Crippen molar-refractivity contribution in [2.24, 2.45) is 10.2 Å². The first-order valence-corrected chi connectivity index (χ1v) is 31.2. The van der Waals surface area contributed by atoms with Crippen molar-refractivity contribution in [3.8, 4) is 11.5 Å². The summed E-state index contributed by atoms with van der Waals surface area (Å²) in [5.74, 6) is 1.10. The number of para-hydroxylation sites is 6. The zero-order valence-corrected chi connectivity index (χ0v) is 51.1. The van der Waals surface area contributed by atoms with Crippen molar-refractivity contribution in [3.05, 3.63) is 372 Å². The van der Waals surface area contributed by atoms with E-state index < -0.39 is 17.6 Å². The number of aliphatic hydroxyl groups is 2. The normalized spacial score (nSPS) is 12.9. The Kier molecular flexibility index (Phi) is 18.5. The molecule has 12 aromatic carbocycles. The van der Waals surface area contributed by atoms with Gasteiger partial charge in [-0.05, 0) is 155 Å². The van der Waals surface area contributed by atoms with E-state index in [4.69, 9.17) is 19.7 Å². The first-order chi connectivity index (χ1) is 45.8. The molecule has 2 atom stereocenters. The number of fused-ring (bicyclic) bond motifs is 2. The fourth-order valence-electron chi connectivity index (χ4n) is 12.1. The number of hydrazone groups is 2. The number of ether oxygens (including phenoxy) is 2. The van der Waals surface area contributed by atoms with Crippen LogP contribution in [0.4, 0.5) is 45.5 Å². The lowest BCUT2D eigenvalue weighted by Gasteiger charge is -2.41. The SMILES string of the molecule is O=C1c2ccccc2C(c2ccc(OCC(O)CN(/N=C/c3ccc(N(c4ccccc4)c4ccccc4)cc3)c3ccccc3)cc2)(c2ccc(OCC(O)CN(/N=C/c3ccc(N(c4ccccc4)c4ccccc4)cc3)c3ccccc3)cc2)c2ccccc21. The smallest absolute Gasteiger partial charge is 0.193 e. The van der Waals surface area contributed by atoms with Gasteiger partial charge in [0.1, 0.15) is 36.9 Å². The third kappa shape index (κ3) is 13.6. The van der Waals surface area contributed by atoms with Crippen LogP contribution in [0.5, 0.6) is 11.5 Å². The van der Waals surface area contributed by atoms with Crippen LogP contribution in [-0.4, -0.2) is 66.9 Å². The van der Waals surface area contributed by atoms with Crippen LogP contribution in [0.15, 0.2) is 338 Å². The summed E-state index contributed by atoms with van der Waals surface area (Å²) in [6.45, 7) is 0.329. The quantitative estimate of drug-likeness (QED) is 0.0451. The molecule has 2 N–H and O–H groups in total. The molecule has 0 amide bonds. The topological polar surface area (TPSA) is 114 Å². The zero-order chi connectivity index (χ0) is 63.2. The molecule has 0 aliphatic heterocycles. The summed E-state index contributed by atoms with van der Waals surface area (Å²) in [6, 6.07) is 109. The van der Waals surface area contributed by atoms with Gasteiger partial charge in [-0.15, -0.1) is 0 Å². The largest absolute Gasteiger partial charge is 0.491 e. The summed E-state index contributed by atoms with van der Waals surface area (Å²) >= 11 is 0. The molecular formula is C82H68N6O5. The molecule has 0 saturated heterocycles.